The number of aliphatic hydroxyl groups excluding tert-OH is 2. The average Bonchev–Trinajstić information content (AvgIpc) is 2.45. The van der Waals surface area contributed by atoms with Gasteiger partial charge in [0, 0.05) is 24.2 Å². The molecule has 21 heavy (non-hydrogen) atoms. The maximum atomic E-state index is 11.8. The Balaban J connectivity index is 2.64. The van der Waals surface area contributed by atoms with E-state index in [1.807, 2.05) is 13.8 Å². The Labute approximate surface area is 129 Å². The Kier molecular flexibility index (Phi) is 7.08. The van der Waals surface area contributed by atoms with E-state index in [2.05, 4.69) is 0 Å². The van der Waals surface area contributed by atoms with Gasteiger partial charge in [-0.05, 0) is 12.0 Å². The molecule has 0 spiro atoms. The fourth-order valence-electron chi connectivity index (χ4n) is 1.88. The molecule has 0 fully saturated rings. The van der Waals surface area contributed by atoms with Crippen molar-refractivity contribution < 1.29 is 19.8 Å². The number of Topliss-reactive ketones (excluding diaryl/α,β-unsaturated/α-hetero) is 1. The molecule has 0 heterocycles. The molecule has 0 radical (unpaired) electrons. The van der Waals surface area contributed by atoms with Gasteiger partial charge in [-0.25, -0.2) is 0 Å². The summed E-state index contributed by atoms with van der Waals surface area (Å²) in [6, 6.07) is 6.64. The molecular weight excluding hydrogens is 288 g/mol. The van der Waals surface area contributed by atoms with Gasteiger partial charge in [0.15, 0.2) is 10.9 Å². The largest absolute Gasteiger partial charge is 0.390 e. The summed E-state index contributed by atoms with van der Waals surface area (Å²) in [4.78, 5) is 22.6. The second kappa shape index (κ2) is 8.32. The molecule has 2 atom stereocenters. The Morgan fingerprint density at radius 3 is 2.19 bits per heavy atom. The summed E-state index contributed by atoms with van der Waals surface area (Å²) in [7, 11) is 0. The number of hydrogen-bond acceptors (Lipinski definition) is 5. The molecule has 5 heteroatoms. The van der Waals surface area contributed by atoms with Crippen molar-refractivity contribution in [2.75, 3.05) is 5.75 Å². The quantitative estimate of drug-likeness (QED) is 0.757. The molecule has 2 unspecified atom stereocenters. The van der Waals surface area contributed by atoms with Crippen molar-refractivity contribution in [1.29, 1.82) is 0 Å². The maximum Gasteiger partial charge on any atom is 0.185 e. The van der Waals surface area contributed by atoms with Gasteiger partial charge < -0.3 is 10.2 Å². The highest BCUT2D eigenvalue weighted by molar-refractivity contribution is 8.13. The second-order valence-corrected chi connectivity index (χ2v) is 6.55. The van der Waals surface area contributed by atoms with Crippen LogP contribution in [0.5, 0.6) is 0 Å². The lowest BCUT2D eigenvalue weighted by Gasteiger charge is -2.18. The minimum absolute atomic E-state index is 0.00626. The van der Waals surface area contributed by atoms with Gasteiger partial charge in [0.2, 0.25) is 0 Å². The van der Waals surface area contributed by atoms with Gasteiger partial charge in [-0.1, -0.05) is 49.9 Å². The van der Waals surface area contributed by atoms with E-state index in [1.165, 1.54) is 6.92 Å². The molecule has 0 aliphatic rings. The minimum Gasteiger partial charge on any atom is -0.390 e. The van der Waals surface area contributed by atoms with E-state index in [1.54, 1.807) is 24.3 Å². The normalized spacial score (nSPS) is 14.0. The van der Waals surface area contributed by atoms with Crippen LogP contribution in [0, 0.1) is 5.92 Å². The number of benzene rings is 1. The van der Waals surface area contributed by atoms with Crippen LogP contribution >= 0.6 is 11.8 Å². The van der Waals surface area contributed by atoms with E-state index in [4.69, 9.17) is 0 Å². The number of hydrogen-bond donors (Lipinski definition) is 2. The topological polar surface area (TPSA) is 74.6 Å². The van der Waals surface area contributed by atoms with Gasteiger partial charge >= 0.3 is 0 Å². The van der Waals surface area contributed by atoms with Crippen LogP contribution in [0.25, 0.3) is 0 Å². The first kappa shape index (κ1) is 17.9. The molecule has 0 saturated heterocycles. The van der Waals surface area contributed by atoms with Crippen LogP contribution in [-0.2, 0) is 4.79 Å². The highest BCUT2D eigenvalue weighted by atomic mass is 32.2. The molecule has 4 nitrogen and oxygen atoms in total. The molecule has 116 valence electrons. The van der Waals surface area contributed by atoms with E-state index < -0.39 is 12.2 Å². The fourth-order valence-corrected chi connectivity index (χ4v) is 2.53. The van der Waals surface area contributed by atoms with E-state index in [0.29, 0.717) is 23.3 Å². The summed E-state index contributed by atoms with van der Waals surface area (Å²) in [5.74, 6) is 0.446. The summed E-state index contributed by atoms with van der Waals surface area (Å²) in [5.41, 5.74) is 1.17. The number of ketones is 1. The summed E-state index contributed by atoms with van der Waals surface area (Å²) >= 11 is 1.13. The summed E-state index contributed by atoms with van der Waals surface area (Å²) in [5, 5.41) is 20.0. The van der Waals surface area contributed by atoms with Gasteiger partial charge in [-0.15, -0.1) is 0 Å². The monoisotopic (exact) mass is 310 g/mol. The Morgan fingerprint density at radius 2 is 1.71 bits per heavy atom. The molecule has 1 aromatic carbocycles. The molecule has 0 aromatic heterocycles. The third-order valence-corrected chi connectivity index (χ3v) is 3.99. The summed E-state index contributed by atoms with van der Waals surface area (Å²) in [6.45, 7) is 5.14. The first-order chi connectivity index (χ1) is 9.82. The molecule has 1 aromatic rings. The average molecular weight is 310 g/mol. The zero-order valence-corrected chi connectivity index (χ0v) is 13.4. The van der Waals surface area contributed by atoms with Crippen molar-refractivity contribution in [3.63, 3.8) is 0 Å². The lowest BCUT2D eigenvalue weighted by molar-refractivity contribution is -0.109. The van der Waals surface area contributed by atoms with E-state index >= 15 is 0 Å². The van der Waals surface area contributed by atoms with Gasteiger partial charge in [0.05, 0.1) is 6.10 Å². The highest BCUT2D eigenvalue weighted by Gasteiger charge is 2.19. The molecule has 1 rings (SSSR count). The molecule has 0 aliphatic heterocycles. The van der Waals surface area contributed by atoms with E-state index in [9.17, 15) is 19.8 Å². The van der Waals surface area contributed by atoms with Crippen molar-refractivity contribution >= 4 is 22.7 Å². The van der Waals surface area contributed by atoms with Crippen molar-refractivity contribution in [2.45, 2.75) is 39.4 Å². The van der Waals surface area contributed by atoms with Crippen molar-refractivity contribution in [3.8, 4) is 0 Å². The van der Waals surface area contributed by atoms with E-state index in [-0.39, 0.29) is 16.8 Å². The number of thioether (sulfide) groups is 1. The number of carbonyl (C=O) groups is 2. The lowest BCUT2D eigenvalue weighted by Crippen LogP contribution is -2.19. The molecule has 0 amide bonds. The van der Waals surface area contributed by atoms with Gasteiger partial charge in [0.1, 0.15) is 6.10 Å². The van der Waals surface area contributed by atoms with Gasteiger partial charge in [0.25, 0.3) is 0 Å². The molecular formula is C16H22O4S. The van der Waals surface area contributed by atoms with Crippen LogP contribution in [-0.4, -0.2) is 33.0 Å². The first-order valence-corrected chi connectivity index (χ1v) is 7.95. The standard InChI is InChI=1S/C16H22O4S/c1-10(2)15(19)12-4-6-13(7-5-12)16(20)14(18)8-9-21-11(3)17/h4-7,10,14,16,18,20H,8-9H2,1-3H3. The predicted molar refractivity (Wildman–Crippen MR) is 84.3 cm³/mol. The van der Waals surface area contributed by atoms with Crippen LogP contribution in [0.4, 0.5) is 0 Å². The summed E-state index contributed by atoms with van der Waals surface area (Å²) < 4.78 is 0. The number of rotatable bonds is 7. The molecule has 0 saturated carbocycles. The zero-order chi connectivity index (χ0) is 16.0. The van der Waals surface area contributed by atoms with Crippen LogP contribution in [0.1, 0.15) is 49.2 Å². The maximum absolute atomic E-state index is 11.8. The number of carbonyl (C=O) groups excluding carboxylic acids is 2. The van der Waals surface area contributed by atoms with Crippen molar-refractivity contribution in [2.24, 2.45) is 5.92 Å². The zero-order valence-electron chi connectivity index (χ0n) is 12.6. The predicted octanol–water partition coefficient (Wildman–Crippen LogP) is 2.59. The van der Waals surface area contributed by atoms with Crippen LogP contribution in [0.15, 0.2) is 24.3 Å². The second-order valence-electron chi connectivity index (χ2n) is 5.28. The van der Waals surface area contributed by atoms with Gasteiger partial charge in [-0.2, -0.15) is 0 Å². The van der Waals surface area contributed by atoms with Crippen LogP contribution in [0.3, 0.4) is 0 Å². The summed E-state index contributed by atoms with van der Waals surface area (Å²) in [6.07, 6.45) is -1.61. The molecule has 0 bridgehead atoms. The Morgan fingerprint density at radius 1 is 1.14 bits per heavy atom. The van der Waals surface area contributed by atoms with Crippen LogP contribution in [0.2, 0.25) is 0 Å². The van der Waals surface area contributed by atoms with Gasteiger partial charge in [-0.3, -0.25) is 9.59 Å². The SMILES string of the molecule is CC(=O)SCCC(O)C(O)c1ccc(C(=O)C(C)C)cc1. The Hall–Kier alpha value is -1.17. The smallest absolute Gasteiger partial charge is 0.185 e. The molecule has 2 N–H and O–H groups in total. The first-order valence-electron chi connectivity index (χ1n) is 6.96. The third-order valence-electron chi connectivity index (χ3n) is 3.14. The van der Waals surface area contributed by atoms with E-state index in [0.717, 1.165) is 11.8 Å². The Bertz CT molecular complexity index is 482. The molecule has 0 aliphatic carbocycles. The fraction of sp³-hybridized carbons (Fsp3) is 0.500. The highest BCUT2D eigenvalue weighted by Crippen LogP contribution is 2.21. The van der Waals surface area contributed by atoms with Crippen molar-refractivity contribution in [1.82, 2.24) is 0 Å². The lowest BCUT2D eigenvalue weighted by atomic mass is 9.97. The van der Waals surface area contributed by atoms with Crippen molar-refractivity contribution in [3.05, 3.63) is 35.4 Å². The minimum atomic E-state index is -1.01. The third kappa shape index (κ3) is 5.61. The number of aliphatic hydroxyl groups is 2. The van der Waals surface area contributed by atoms with Crippen LogP contribution < -0.4 is 0 Å².